The Hall–Kier alpha value is -1.53. The van der Waals surface area contributed by atoms with E-state index in [-0.39, 0.29) is 11.2 Å². The highest BCUT2D eigenvalue weighted by molar-refractivity contribution is 8.00. The van der Waals surface area contributed by atoms with Gasteiger partial charge in [-0.1, -0.05) is 43.1 Å². The molecule has 5 nitrogen and oxygen atoms in total. The van der Waals surface area contributed by atoms with Gasteiger partial charge in [0.1, 0.15) is 0 Å². The van der Waals surface area contributed by atoms with E-state index in [1.165, 1.54) is 31.0 Å². The van der Waals surface area contributed by atoms with Crippen molar-refractivity contribution in [1.82, 2.24) is 20.1 Å². The van der Waals surface area contributed by atoms with Gasteiger partial charge in [-0.05, 0) is 49.9 Å². The Morgan fingerprint density at radius 3 is 2.65 bits per heavy atom. The normalized spacial score (nSPS) is 21.4. The highest BCUT2D eigenvalue weighted by Gasteiger charge is 2.26. The molecule has 0 saturated heterocycles. The van der Waals surface area contributed by atoms with Crippen LogP contribution in [0.4, 0.5) is 0 Å². The number of carbonyl (C=O) groups is 1. The molecule has 1 aromatic heterocycles. The number of hydrogen-bond acceptors (Lipinski definition) is 4. The molecule has 140 valence electrons. The van der Waals surface area contributed by atoms with Crippen LogP contribution in [-0.2, 0) is 11.8 Å². The van der Waals surface area contributed by atoms with E-state index >= 15 is 0 Å². The average molecular weight is 393 g/mol. The molecule has 0 unspecified atom stereocenters. The fraction of sp³-hybridized carbons (Fsp3) is 0.526. The van der Waals surface area contributed by atoms with Crippen molar-refractivity contribution in [1.29, 1.82) is 0 Å². The number of benzene rings is 1. The minimum Gasteiger partial charge on any atom is -0.352 e. The van der Waals surface area contributed by atoms with Crippen LogP contribution in [0.3, 0.4) is 0 Å². The van der Waals surface area contributed by atoms with E-state index in [0.717, 1.165) is 23.0 Å². The van der Waals surface area contributed by atoms with Crippen LogP contribution < -0.4 is 5.32 Å². The molecule has 3 rings (SSSR count). The summed E-state index contributed by atoms with van der Waals surface area (Å²) >= 11 is 7.38. The van der Waals surface area contributed by atoms with E-state index in [1.54, 1.807) is 0 Å². The van der Waals surface area contributed by atoms with Crippen molar-refractivity contribution in [2.75, 3.05) is 0 Å². The first kappa shape index (κ1) is 19.2. The molecular weight excluding hydrogens is 368 g/mol. The Morgan fingerprint density at radius 1 is 1.27 bits per heavy atom. The van der Waals surface area contributed by atoms with Gasteiger partial charge in [0.05, 0.1) is 5.25 Å². The lowest BCUT2D eigenvalue weighted by atomic mass is 9.86. The van der Waals surface area contributed by atoms with Gasteiger partial charge in [0, 0.05) is 23.7 Å². The topological polar surface area (TPSA) is 59.8 Å². The molecule has 1 N–H and O–H groups in total. The van der Waals surface area contributed by atoms with Crippen LogP contribution in [0.15, 0.2) is 29.4 Å². The van der Waals surface area contributed by atoms with Crippen molar-refractivity contribution >= 4 is 29.3 Å². The second-order valence-corrected chi connectivity index (χ2v) is 8.75. The number of rotatable bonds is 5. The van der Waals surface area contributed by atoms with Gasteiger partial charge in [-0.2, -0.15) is 0 Å². The van der Waals surface area contributed by atoms with E-state index in [0.29, 0.717) is 17.0 Å². The Labute approximate surface area is 163 Å². The fourth-order valence-corrected chi connectivity index (χ4v) is 4.26. The third-order valence-corrected chi connectivity index (χ3v) is 6.41. The molecule has 7 heteroatoms. The molecule has 1 aliphatic rings. The van der Waals surface area contributed by atoms with Gasteiger partial charge >= 0.3 is 0 Å². The lowest BCUT2D eigenvalue weighted by Gasteiger charge is -2.30. The number of thioether (sulfide) groups is 1. The van der Waals surface area contributed by atoms with Gasteiger partial charge in [-0.25, -0.2) is 0 Å². The number of carbonyl (C=O) groups excluding carboxylic acids is 1. The zero-order valence-corrected chi connectivity index (χ0v) is 17.0. The smallest absolute Gasteiger partial charge is 0.233 e. The zero-order chi connectivity index (χ0) is 18.7. The fourth-order valence-electron chi connectivity index (χ4n) is 3.31. The number of halogens is 1. The SMILES string of the molecule is C[C@H](Sc1nnc(-c2ccc(Cl)cc2)n1C)C(=O)N[C@H]1CCCC[C@H]1C. The third-order valence-electron chi connectivity index (χ3n) is 5.03. The largest absolute Gasteiger partial charge is 0.352 e. The van der Waals surface area contributed by atoms with Gasteiger partial charge < -0.3 is 9.88 Å². The summed E-state index contributed by atoms with van der Waals surface area (Å²) in [5.41, 5.74) is 0.949. The molecule has 0 radical (unpaired) electrons. The number of aromatic nitrogens is 3. The van der Waals surface area contributed by atoms with E-state index in [2.05, 4.69) is 22.4 Å². The lowest BCUT2D eigenvalue weighted by molar-refractivity contribution is -0.121. The molecule has 1 saturated carbocycles. The Balaban J connectivity index is 1.65. The first-order chi connectivity index (χ1) is 12.5. The van der Waals surface area contributed by atoms with E-state index in [1.807, 2.05) is 42.8 Å². The summed E-state index contributed by atoms with van der Waals surface area (Å²) in [5.74, 6) is 1.39. The summed E-state index contributed by atoms with van der Waals surface area (Å²) in [6.45, 7) is 4.15. The van der Waals surface area contributed by atoms with Crippen molar-refractivity contribution < 1.29 is 4.79 Å². The Kier molecular flexibility index (Phi) is 6.24. The minimum absolute atomic E-state index is 0.0739. The van der Waals surface area contributed by atoms with Gasteiger partial charge in [-0.15, -0.1) is 10.2 Å². The van der Waals surface area contributed by atoms with Crippen LogP contribution in [0, 0.1) is 5.92 Å². The summed E-state index contributed by atoms with van der Waals surface area (Å²) in [5, 5.41) is 13.0. The first-order valence-corrected chi connectivity index (χ1v) is 10.3. The molecule has 26 heavy (non-hydrogen) atoms. The van der Waals surface area contributed by atoms with Crippen LogP contribution in [0.25, 0.3) is 11.4 Å². The Morgan fingerprint density at radius 2 is 1.96 bits per heavy atom. The standard InChI is InChI=1S/C19H25ClN4OS/c1-12-6-4-5-7-16(12)21-18(25)13(2)26-19-23-22-17(24(19)3)14-8-10-15(20)11-9-14/h8-13,16H,4-7H2,1-3H3,(H,21,25)/t12-,13+,16+/m1/s1. The van der Waals surface area contributed by atoms with Crippen molar-refractivity contribution in [3.05, 3.63) is 29.3 Å². The quantitative estimate of drug-likeness (QED) is 0.770. The van der Waals surface area contributed by atoms with Gasteiger partial charge in [0.15, 0.2) is 11.0 Å². The van der Waals surface area contributed by atoms with Crippen LogP contribution in [-0.4, -0.2) is 32.0 Å². The minimum atomic E-state index is -0.218. The summed E-state index contributed by atoms with van der Waals surface area (Å²) < 4.78 is 1.92. The van der Waals surface area contributed by atoms with Crippen LogP contribution in [0.1, 0.15) is 39.5 Å². The molecule has 0 bridgehead atoms. The monoisotopic (exact) mass is 392 g/mol. The molecule has 1 aliphatic carbocycles. The van der Waals surface area contributed by atoms with Gasteiger partial charge in [0.2, 0.25) is 5.91 Å². The number of nitrogens with zero attached hydrogens (tertiary/aromatic N) is 3. The zero-order valence-electron chi connectivity index (χ0n) is 15.4. The lowest BCUT2D eigenvalue weighted by Crippen LogP contribution is -2.44. The van der Waals surface area contributed by atoms with Crippen LogP contribution >= 0.6 is 23.4 Å². The van der Waals surface area contributed by atoms with Crippen LogP contribution in [0.2, 0.25) is 5.02 Å². The highest BCUT2D eigenvalue weighted by Crippen LogP contribution is 2.28. The Bertz CT molecular complexity index is 761. The van der Waals surface area contributed by atoms with Gasteiger partial charge in [-0.3, -0.25) is 4.79 Å². The molecule has 1 fully saturated rings. The van der Waals surface area contributed by atoms with Crippen molar-refractivity contribution in [2.45, 2.75) is 56.0 Å². The molecule has 0 spiro atoms. The van der Waals surface area contributed by atoms with Crippen molar-refractivity contribution in [3.8, 4) is 11.4 Å². The second kappa shape index (κ2) is 8.44. The maximum Gasteiger partial charge on any atom is 0.233 e. The highest BCUT2D eigenvalue weighted by atomic mass is 35.5. The van der Waals surface area contributed by atoms with E-state index < -0.39 is 0 Å². The second-order valence-electron chi connectivity index (χ2n) is 7.01. The molecule has 1 aromatic carbocycles. The maximum absolute atomic E-state index is 12.6. The van der Waals surface area contributed by atoms with E-state index in [4.69, 9.17) is 11.6 Å². The predicted molar refractivity (Wildman–Crippen MR) is 106 cm³/mol. The maximum atomic E-state index is 12.6. The molecule has 3 atom stereocenters. The summed E-state index contributed by atoms with van der Waals surface area (Å²) in [4.78, 5) is 12.6. The first-order valence-electron chi connectivity index (χ1n) is 9.08. The molecule has 1 amide bonds. The van der Waals surface area contributed by atoms with Gasteiger partial charge in [0.25, 0.3) is 0 Å². The molecule has 1 heterocycles. The number of amides is 1. The third kappa shape index (κ3) is 4.41. The van der Waals surface area contributed by atoms with Crippen molar-refractivity contribution in [2.24, 2.45) is 13.0 Å². The van der Waals surface area contributed by atoms with Crippen molar-refractivity contribution in [3.63, 3.8) is 0 Å². The summed E-state index contributed by atoms with van der Waals surface area (Å²) in [7, 11) is 1.92. The number of nitrogens with one attached hydrogen (secondary N) is 1. The predicted octanol–water partition coefficient (Wildman–Crippen LogP) is 4.31. The average Bonchev–Trinajstić information content (AvgIpc) is 2.98. The number of hydrogen-bond donors (Lipinski definition) is 1. The van der Waals surface area contributed by atoms with E-state index in [9.17, 15) is 4.79 Å². The molecule has 0 aliphatic heterocycles. The summed E-state index contributed by atoms with van der Waals surface area (Å²) in [6, 6.07) is 7.80. The molecular formula is C19H25ClN4OS. The van der Waals surface area contributed by atoms with Crippen LogP contribution in [0.5, 0.6) is 0 Å². The summed E-state index contributed by atoms with van der Waals surface area (Å²) in [6.07, 6.45) is 4.74. The molecule has 2 aromatic rings.